The molecule has 0 radical (unpaired) electrons. The van der Waals surface area contributed by atoms with Gasteiger partial charge >= 0.3 is 0 Å². The number of rotatable bonds is 5. The Kier molecular flexibility index (Phi) is 5.11. The fourth-order valence-corrected chi connectivity index (χ4v) is 7.16. The zero-order chi connectivity index (χ0) is 21.8. The van der Waals surface area contributed by atoms with Crippen LogP contribution < -0.4 is 4.74 Å². The number of ketones is 1. The highest BCUT2D eigenvalue weighted by atomic mass is 35.5. The lowest BCUT2D eigenvalue weighted by molar-refractivity contribution is -0.159. The van der Waals surface area contributed by atoms with Gasteiger partial charge in [0.1, 0.15) is 5.75 Å². The minimum Gasteiger partial charge on any atom is -0.496 e. The van der Waals surface area contributed by atoms with E-state index in [0.717, 1.165) is 0 Å². The second-order valence-corrected chi connectivity index (χ2v) is 10.5. The molecule has 9 heteroatoms. The highest BCUT2D eigenvalue weighted by Gasteiger charge is 2.75. The fourth-order valence-electron chi connectivity index (χ4n) is 4.53. The molecule has 3 atom stereocenters. The summed E-state index contributed by atoms with van der Waals surface area (Å²) in [6.07, 6.45) is 0.219. The zero-order valence-corrected chi connectivity index (χ0v) is 18.6. The molecule has 0 bridgehead atoms. The lowest BCUT2D eigenvalue weighted by Gasteiger charge is -2.49. The maximum Gasteiger partial charge on any atom is 0.231 e. The Bertz CT molecular complexity index is 1150. The molecule has 2 aromatic carbocycles. The lowest BCUT2D eigenvalue weighted by atomic mass is 9.85. The molecule has 4 rings (SSSR count). The van der Waals surface area contributed by atoms with Crippen molar-refractivity contribution < 1.29 is 22.7 Å². The van der Waals surface area contributed by atoms with Crippen LogP contribution in [0.1, 0.15) is 12.5 Å². The number of Topliss-reactive ketones (excluding diaryl/α,β-unsaturated/α-hetero) is 1. The fraction of sp³-hybridized carbons (Fsp3) is 0.333. The van der Waals surface area contributed by atoms with Crippen molar-refractivity contribution in [1.82, 2.24) is 4.90 Å². The maximum atomic E-state index is 13.6. The number of β-lactam (4-membered cyclic amide) rings is 1. The summed E-state index contributed by atoms with van der Waals surface area (Å²) in [7, 11) is -2.65. The van der Waals surface area contributed by atoms with E-state index in [-0.39, 0.29) is 23.8 Å². The molecule has 0 aromatic heterocycles. The van der Waals surface area contributed by atoms with Crippen LogP contribution in [0.15, 0.2) is 47.4 Å². The molecule has 0 spiro atoms. The molecular weight excluding hydrogens is 449 g/mol. The summed E-state index contributed by atoms with van der Waals surface area (Å²) in [5.74, 6) is -1.92. The molecule has 0 N–H and O–H groups in total. The van der Waals surface area contributed by atoms with Crippen molar-refractivity contribution in [3.8, 4) is 5.75 Å². The largest absolute Gasteiger partial charge is 0.496 e. The number of nitrogens with zero attached hydrogens (tertiary/aromatic N) is 1. The molecule has 158 valence electrons. The number of carbonyl (C=O) groups is 2. The number of amides is 1. The third kappa shape index (κ3) is 2.79. The second kappa shape index (κ2) is 7.25. The first-order chi connectivity index (χ1) is 14.1. The molecular formula is C21H19Cl2NO5S. The van der Waals surface area contributed by atoms with E-state index in [0.29, 0.717) is 21.4 Å². The molecule has 2 aliphatic heterocycles. The number of benzene rings is 2. The van der Waals surface area contributed by atoms with Crippen LogP contribution in [0.3, 0.4) is 0 Å². The van der Waals surface area contributed by atoms with Gasteiger partial charge in [-0.2, -0.15) is 0 Å². The molecule has 1 unspecified atom stereocenters. The van der Waals surface area contributed by atoms with E-state index < -0.39 is 32.3 Å². The van der Waals surface area contributed by atoms with E-state index in [4.69, 9.17) is 27.9 Å². The van der Waals surface area contributed by atoms with Crippen molar-refractivity contribution in [2.75, 3.05) is 13.7 Å². The van der Waals surface area contributed by atoms with Gasteiger partial charge in [-0.25, -0.2) is 8.42 Å². The Labute approximate surface area is 184 Å². The number of ether oxygens (including phenoxy) is 1. The standard InChI is InChI=1S/C21H19Cl2NO5S/c1-12-20(26)24-11-14(9-13-10-16(23)5-8-18(13)29-2)19(25)21(12,24)30(27,28)17-6-3-15(22)4-7-17/h3-8,10,12,14H,9,11H2,1-2H3/t12-,14-,21?/m1/s1. The summed E-state index contributed by atoms with van der Waals surface area (Å²) in [5, 5.41) is 0.859. The predicted octanol–water partition coefficient (Wildman–Crippen LogP) is 3.39. The van der Waals surface area contributed by atoms with Gasteiger partial charge in [-0.3, -0.25) is 9.59 Å². The van der Waals surface area contributed by atoms with Gasteiger partial charge in [-0.1, -0.05) is 23.2 Å². The summed E-state index contributed by atoms with van der Waals surface area (Å²) in [6.45, 7) is 1.52. The number of fused-ring (bicyclic) bond motifs is 1. The number of hydrogen-bond acceptors (Lipinski definition) is 5. The van der Waals surface area contributed by atoms with Crippen LogP contribution >= 0.6 is 23.2 Å². The molecule has 2 saturated heterocycles. The first-order valence-electron chi connectivity index (χ1n) is 9.33. The minimum absolute atomic E-state index is 0.0322. The summed E-state index contributed by atoms with van der Waals surface area (Å²) >= 11 is 12.0. The van der Waals surface area contributed by atoms with Gasteiger partial charge in [0.15, 0.2) is 5.78 Å². The van der Waals surface area contributed by atoms with Crippen LogP contribution in [0.4, 0.5) is 0 Å². The molecule has 1 amide bonds. The summed E-state index contributed by atoms with van der Waals surface area (Å²) in [6, 6.07) is 10.7. The van der Waals surface area contributed by atoms with Crippen LogP contribution in [0.25, 0.3) is 0 Å². The van der Waals surface area contributed by atoms with Gasteiger partial charge in [0.05, 0.1) is 17.9 Å². The van der Waals surface area contributed by atoms with Gasteiger partial charge < -0.3 is 9.64 Å². The Morgan fingerprint density at radius 3 is 2.37 bits per heavy atom. The monoisotopic (exact) mass is 467 g/mol. The average Bonchev–Trinajstić information content (AvgIpc) is 2.98. The number of sulfone groups is 1. The molecule has 30 heavy (non-hydrogen) atoms. The third-order valence-electron chi connectivity index (χ3n) is 5.99. The topological polar surface area (TPSA) is 80.8 Å². The Hall–Kier alpha value is -2.09. The van der Waals surface area contributed by atoms with Crippen molar-refractivity contribution in [1.29, 1.82) is 0 Å². The van der Waals surface area contributed by atoms with Crippen LogP contribution in [0, 0.1) is 11.8 Å². The van der Waals surface area contributed by atoms with Crippen molar-refractivity contribution >= 4 is 44.7 Å². The predicted molar refractivity (Wildman–Crippen MR) is 112 cm³/mol. The Morgan fingerprint density at radius 1 is 1.10 bits per heavy atom. The molecule has 2 aliphatic rings. The maximum absolute atomic E-state index is 13.6. The third-order valence-corrected chi connectivity index (χ3v) is 8.97. The number of methoxy groups -OCH3 is 1. The number of carbonyl (C=O) groups excluding carboxylic acids is 2. The van der Waals surface area contributed by atoms with Crippen molar-refractivity contribution in [3.63, 3.8) is 0 Å². The van der Waals surface area contributed by atoms with E-state index >= 15 is 0 Å². The highest BCUT2D eigenvalue weighted by molar-refractivity contribution is 7.93. The van der Waals surface area contributed by atoms with E-state index in [1.54, 1.807) is 18.2 Å². The smallest absolute Gasteiger partial charge is 0.231 e. The van der Waals surface area contributed by atoms with Gasteiger partial charge in [-0.05, 0) is 61.4 Å². The van der Waals surface area contributed by atoms with Crippen LogP contribution in [0.5, 0.6) is 5.75 Å². The summed E-state index contributed by atoms with van der Waals surface area (Å²) in [4.78, 5) is 25.4. The molecule has 2 fully saturated rings. The van der Waals surface area contributed by atoms with E-state index in [2.05, 4.69) is 0 Å². The normalized spacial score (nSPS) is 25.8. The zero-order valence-electron chi connectivity index (χ0n) is 16.3. The number of halogens is 2. The van der Waals surface area contributed by atoms with E-state index in [1.165, 1.54) is 43.2 Å². The molecule has 2 heterocycles. The summed E-state index contributed by atoms with van der Waals surface area (Å²) < 4.78 is 32.5. The average molecular weight is 468 g/mol. The van der Waals surface area contributed by atoms with Crippen LogP contribution in [-0.2, 0) is 25.8 Å². The van der Waals surface area contributed by atoms with Gasteiger partial charge in [0, 0.05) is 22.5 Å². The Morgan fingerprint density at radius 2 is 1.73 bits per heavy atom. The summed E-state index contributed by atoms with van der Waals surface area (Å²) in [5.41, 5.74) is 0.685. The lowest BCUT2D eigenvalue weighted by Crippen LogP contribution is -2.73. The molecule has 0 aliphatic carbocycles. The molecule has 0 saturated carbocycles. The van der Waals surface area contributed by atoms with Gasteiger partial charge in [0.25, 0.3) is 0 Å². The highest BCUT2D eigenvalue weighted by Crippen LogP contribution is 2.52. The van der Waals surface area contributed by atoms with Crippen molar-refractivity contribution in [2.45, 2.75) is 23.1 Å². The van der Waals surface area contributed by atoms with Gasteiger partial charge in [0.2, 0.25) is 20.6 Å². The van der Waals surface area contributed by atoms with Crippen molar-refractivity contribution in [2.24, 2.45) is 11.8 Å². The van der Waals surface area contributed by atoms with Crippen molar-refractivity contribution in [3.05, 3.63) is 58.1 Å². The quantitative estimate of drug-likeness (QED) is 0.629. The van der Waals surface area contributed by atoms with Gasteiger partial charge in [-0.15, -0.1) is 0 Å². The SMILES string of the molecule is COc1ccc(Cl)cc1C[C@@H]1CN2C(=O)[C@@H](C)C2(S(=O)(=O)c2ccc(Cl)cc2)C1=O. The first-order valence-corrected chi connectivity index (χ1v) is 11.6. The van der Waals surface area contributed by atoms with E-state index in [1.807, 2.05) is 0 Å². The van der Waals surface area contributed by atoms with Crippen LogP contribution in [0.2, 0.25) is 10.0 Å². The molecule has 6 nitrogen and oxygen atoms in total. The van der Waals surface area contributed by atoms with Crippen LogP contribution in [-0.4, -0.2) is 43.5 Å². The molecule has 2 aromatic rings. The second-order valence-electron chi connectivity index (χ2n) is 7.55. The number of hydrogen-bond donors (Lipinski definition) is 0. The Balaban J connectivity index is 1.76. The first kappa shape index (κ1) is 21.2. The van der Waals surface area contributed by atoms with E-state index in [9.17, 15) is 18.0 Å². The minimum atomic E-state index is -4.16.